The average molecular weight is 189 g/mol. The Hall–Kier alpha value is -1.08. The van der Waals surface area contributed by atoms with Crippen molar-refractivity contribution in [3.05, 3.63) is 41.0 Å². The van der Waals surface area contributed by atoms with Crippen molar-refractivity contribution in [2.24, 2.45) is 0 Å². The highest BCUT2D eigenvalue weighted by Gasteiger charge is 1.99. The van der Waals surface area contributed by atoms with Crippen LogP contribution in [0.25, 0.3) is 6.08 Å². The third-order valence-electron chi connectivity index (χ3n) is 2.59. The van der Waals surface area contributed by atoms with Crippen LogP contribution in [0.1, 0.15) is 25.0 Å². The van der Waals surface area contributed by atoms with E-state index >= 15 is 0 Å². The van der Waals surface area contributed by atoms with E-state index in [1.165, 1.54) is 16.7 Å². The van der Waals surface area contributed by atoms with Crippen LogP contribution in [0.3, 0.4) is 0 Å². The van der Waals surface area contributed by atoms with E-state index in [4.69, 9.17) is 0 Å². The number of likely N-dealkylation sites (N-methyl/N-ethyl adjacent to an activating group) is 1. The Bertz CT molecular complexity index is 309. The molecule has 0 aliphatic rings. The first-order valence-electron chi connectivity index (χ1n) is 5.05. The molecule has 0 radical (unpaired) electrons. The van der Waals surface area contributed by atoms with Gasteiger partial charge in [0.2, 0.25) is 0 Å². The van der Waals surface area contributed by atoms with Crippen LogP contribution < -0.4 is 5.32 Å². The Morgan fingerprint density at radius 3 is 2.36 bits per heavy atom. The summed E-state index contributed by atoms with van der Waals surface area (Å²) in [6.07, 6.45) is 2.22. The highest BCUT2D eigenvalue weighted by atomic mass is 14.8. The normalized spacial score (nSPS) is 14.1. The second-order valence-corrected chi connectivity index (χ2v) is 3.81. The molecule has 0 heterocycles. The summed E-state index contributed by atoms with van der Waals surface area (Å²) in [5.41, 5.74) is 3.94. The maximum atomic E-state index is 3.23. The molecule has 1 heteroatoms. The van der Waals surface area contributed by atoms with Crippen molar-refractivity contribution in [1.29, 1.82) is 0 Å². The highest BCUT2D eigenvalue weighted by Crippen LogP contribution is 2.10. The van der Waals surface area contributed by atoms with Crippen LogP contribution in [0.15, 0.2) is 29.8 Å². The molecule has 0 spiro atoms. The van der Waals surface area contributed by atoms with Crippen molar-refractivity contribution in [1.82, 2.24) is 5.32 Å². The quantitative estimate of drug-likeness (QED) is 0.770. The summed E-state index contributed by atoms with van der Waals surface area (Å²) in [6, 6.07) is 9.03. The first-order chi connectivity index (χ1) is 6.63. The van der Waals surface area contributed by atoms with Crippen molar-refractivity contribution in [2.75, 3.05) is 7.05 Å². The lowest BCUT2D eigenvalue weighted by molar-refractivity contribution is 0.696. The molecule has 1 N–H and O–H groups in total. The lowest BCUT2D eigenvalue weighted by atomic mass is 10.1. The lowest BCUT2D eigenvalue weighted by Gasteiger charge is -2.10. The van der Waals surface area contributed by atoms with Crippen molar-refractivity contribution in [3.63, 3.8) is 0 Å². The number of benzene rings is 1. The first-order valence-corrected chi connectivity index (χ1v) is 5.05. The monoisotopic (exact) mass is 189 g/mol. The minimum absolute atomic E-state index is 0.441. The maximum absolute atomic E-state index is 3.23. The zero-order valence-electron chi connectivity index (χ0n) is 9.46. The summed E-state index contributed by atoms with van der Waals surface area (Å²) in [5, 5.41) is 3.23. The zero-order valence-corrected chi connectivity index (χ0v) is 9.46. The molecule has 1 unspecified atom stereocenters. The summed E-state index contributed by atoms with van der Waals surface area (Å²) < 4.78 is 0. The summed E-state index contributed by atoms with van der Waals surface area (Å²) in [6.45, 7) is 6.43. The van der Waals surface area contributed by atoms with Gasteiger partial charge in [0.25, 0.3) is 0 Å². The van der Waals surface area contributed by atoms with Crippen LogP contribution in [0, 0.1) is 6.92 Å². The second-order valence-electron chi connectivity index (χ2n) is 3.81. The van der Waals surface area contributed by atoms with Crippen LogP contribution >= 0.6 is 0 Å². The zero-order chi connectivity index (χ0) is 10.6. The molecule has 0 aliphatic carbocycles. The van der Waals surface area contributed by atoms with Gasteiger partial charge in [0.05, 0.1) is 0 Å². The van der Waals surface area contributed by atoms with Gasteiger partial charge in [-0.25, -0.2) is 0 Å². The van der Waals surface area contributed by atoms with Gasteiger partial charge in [-0.1, -0.05) is 41.5 Å². The fourth-order valence-electron chi connectivity index (χ4n) is 1.28. The van der Waals surface area contributed by atoms with Crippen LogP contribution in [0.2, 0.25) is 0 Å². The summed E-state index contributed by atoms with van der Waals surface area (Å²) in [7, 11) is 1.98. The summed E-state index contributed by atoms with van der Waals surface area (Å²) in [5.74, 6) is 0. The smallest absolute Gasteiger partial charge is 0.0248 e. The molecule has 0 fully saturated rings. The standard InChI is InChI=1S/C13H19N/c1-10-5-7-13(8-6-10)9-11(2)12(3)14-4/h5-9,12,14H,1-4H3/b11-9+. The van der Waals surface area contributed by atoms with Crippen molar-refractivity contribution in [3.8, 4) is 0 Å². The Balaban J connectivity index is 2.81. The fraction of sp³-hybridized carbons (Fsp3) is 0.385. The van der Waals surface area contributed by atoms with Gasteiger partial charge >= 0.3 is 0 Å². The van der Waals surface area contributed by atoms with Crippen molar-refractivity contribution >= 4 is 6.08 Å². The topological polar surface area (TPSA) is 12.0 Å². The van der Waals surface area contributed by atoms with Gasteiger partial charge in [0.15, 0.2) is 0 Å². The largest absolute Gasteiger partial charge is 0.314 e. The molecule has 14 heavy (non-hydrogen) atoms. The maximum Gasteiger partial charge on any atom is 0.0248 e. The van der Waals surface area contributed by atoms with Gasteiger partial charge in [-0.2, -0.15) is 0 Å². The highest BCUT2D eigenvalue weighted by molar-refractivity contribution is 5.53. The molecule has 0 bridgehead atoms. The number of aryl methyl sites for hydroxylation is 1. The van der Waals surface area contributed by atoms with Gasteiger partial charge in [-0.3, -0.25) is 0 Å². The van der Waals surface area contributed by atoms with Gasteiger partial charge in [-0.15, -0.1) is 0 Å². The molecule has 1 aromatic rings. The Kier molecular flexibility index (Phi) is 3.90. The molecule has 1 atom stereocenters. The minimum atomic E-state index is 0.441. The van der Waals surface area contributed by atoms with Crippen LogP contribution in [0.5, 0.6) is 0 Å². The summed E-state index contributed by atoms with van der Waals surface area (Å²) >= 11 is 0. The Labute approximate surface area is 86.8 Å². The Morgan fingerprint density at radius 2 is 1.86 bits per heavy atom. The molecule has 0 aromatic heterocycles. The van der Waals surface area contributed by atoms with Gasteiger partial charge in [0, 0.05) is 6.04 Å². The number of hydrogen-bond donors (Lipinski definition) is 1. The first kappa shape index (κ1) is 11.0. The molecule has 0 amide bonds. The number of hydrogen-bond acceptors (Lipinski definition) is 1. The molecule has 0 saturated heterocycles. The number of nitrogens with one attached hydrogen (secondary N) is 1. The average Bonchev–Trinajstić information content (AvgIpc) is 2.20. The molecule has 0 aliphatic heterocycles. The Morgan fingerprint density at radius 1 is 1.29 bits per heavy atom. The van der Waals surface area contributed by atoms with E-state index in [0.29, 0.717) is 6.04 Å². The molecular formula is C13H19N. The molecular weight excluding hydrogens is 170 g/mol. The van der Waals surface area contributed by atoms with Crippen molar-refractivity contribution < 1.29 is 0 Å². The van der Waals surface area contributed by atoms with Crippen molar-refractivity contribution in [2.45, 2.75) is 26.8 Å². The second kappa shape index (κ2) is 4.97. The van der Waals surface area contributed by atoms with E-state index in [0.717, 1.165) is 0 Å². The predicted molar refractivity (Wildman–Crippen MR) is 63.4 cm³/mol. The molecule has 1 rings (SSSR count). The van der Waals surface area contributed by atoms with E-state index in [-0.39, 0.29) is 0 Å². The van der Waals surface area contributed by atoms with Crippen LogP contribution in [-0.2, 0) is 0 Å². The third kappa shape index (κ3) is 3.00. The summed E-state index contributed by atoms with van der Waals surface area (Å²) in [4.78, 5) is 0. The molecule has 1 nitrogen and oxygen atoms in total. The molecule has 0 saturated carbocycles. The van der Waals surface area contributed by atoms with E-state index in [9.17, 15) is 0 Å². The minimum Gasteiger partial charge on any atom is -0.314 e. The van der Waals surface area contributed by atoms with Crippen LogP contribution in [-0.4, -0.2) is 13.1 Å². The van der Waals surface area contributed by atoms with Gasteiger partial charge in [-0.05, 0) is 33.4 Å². The van der Waals surface area contributed by atoms with E-state index in [2.05, 4.69) is 56.4 Å². The van der Waals surface area contributed by atoms with E-state index in [1.807, 2.05) is 7.05 Å². The SMILES string of the molecule is CNC(C)/C(C)=C/c1ccc(C)cc1. The van der Waals surface area contributed by atoms with Crippen LogP contribution in [0.4, 0.5) is 0 Å². The predicted octanol–water partition coefficient (Wildman–Crippen LogP) is 3.01. The van der Waals surface area contributed by atoms with E-state index in [1.54, 1.807) is 0 Å². The van der Waals surface area contributed by atoms with E-state index < -0.39 is 0 Å². The molecule has 1 aromatic carbocycles. The lowest BCUT2D eigenvalue weighted by Crippen LogP contribution is -2.21. The van der Waals surface area contributed by atoms with Gasteiger partial charge < -0.3 is 5.32 Å². The third-order valence-corrected chi connectivity index (χ3v) is 2.59. The van der Waals surface area contributed by atoms with Gasteiger partial charge in [0.1, 0.15) is 0 Å². The fourth-order valence-corrected chi connectivity index (χ4v) is 1.28. The molecule has 76 valence electrons. The number of rotatable bonds is 3.